The lowest BCUT2D eigenvalue weighted by atomic mass is 10.0. The van der Waals surface area contributed by atoms with Crippen molar-refractivity contribution >= 4 is 29.5 Å². The molecule has 1 fully saturated rings. The molecule has 230 valence electrons. The molecule has 2 heterocycles. The number of ether oxygens (including phenoxy) is 1. The largest absolute Gasteiger partial charge is 0.493 e. The number of nitrogens with one attached hydrogen (secondary N) is 4. The van der Waals surface area contributed by atoms with Crippen LogP contribution in [0.1, 0.15) is 67.4 Å². The van der Waals surface area contributed by atoms with Gasteiger partial charge in [-0.3, -0.25) is 24.0 Å². The molecular weight excluding hydrogens is 550 g/mol. The average Bonchev–Trinajstić information content (AvgIpc) is 3.39. The molecule has 5 amide bonds. The fraction of sp³-hybridized carbons (Fsp3) is 0.469. The molecule has 4 N–H and O–H groups in total. The Balaban J connectivity index is 1.48. The Kier molecular flexibility index (Phi) is 11.1. The Bertz CT molecular complexity index is 1330. The molecule has 2 aromatic rings. The molecule has 11 heteroatoms. The highest BCUT2D eigenvalue weighted by Gasteiger charge is 2.27. The first kappa shape index (κ1) is 31.5. The lowest BCUT2D eigenvalue weighted by Crippen LogP contribution is -2.51. The van der Waals surface area contributed by atoms with Crippen molar-refractivity contribution in [2.75, 3.05) is 19.7 Å². The molecular formula is C32H41N5O6. The Morgan fingerprint density at radius 2 is 1.79 bits per heavy atom. The van der Waals surface area contributed by atoms with Crippen LogP contribution < -0.4 is 26.0 Å². The summed E-state index contributed by atoms with van der Waals surface area (Å²) in [5.74, 6) is -1.25. The van der Waals surface area contributed by atoms with E-state index in [1.165, 1.54) is 0 Å². The molecule has 1 saturated heterocycles. The van der Waals surface area contributed by atoms with Gasteiger partial charge >= 0.3 is 0 Å². The first-order chi connectivity index (χ1) is 20.7. The highest BCUT2D eigenvalue weighted by atomic mass is 16.5. The van der Waals surface area contributed by atoms with Gasteiger partial charge in [-0.25, -0.2) is 0 Å². The minimum Gasteiger partial charge on any atom is -0.493 e. The molecule has 11 nitrogen and oxygen atoms in total. The molecule has 0 bridgehead atoms. The van der Waals surface area contributed by atoms with Crippen molar-refractivity contribution in [2.45, 2.75) is 71.1 Å². The van der Waals surface area contributed by atoms with E-state index in [1.54, 1.807) is 24.3 Å². The van der Waals surface area contributed by atoms with E-state index in [9.17, 15) is 24.0 Å². The number of nitrogens with zero attached hydrogens (tertiary/aromatic N) is 1. The number of hydrogen-bond donors (Lipinski definition) is 4. The highest BCUT2D eigenvalue weighted by molar-refractivity contribution is 5.99. The fourth-order valence-electron chi connectivity index (χ4n) is 5.16. The second-order valence-corrected chi connectivity index (χ2v) is 11.3. The number of rotatable bonds is 6. The van der Waals surface area contributed by atoms with Crippen LogP contribution in [0.5, 0.6) is 5.75 Å². The summed E-state index contributed by atoms with van der Waals surface area (Å²) in [6.07, 6.45) is 1.88. The summed E-state index contributed by atoms with van der Waals surface area (Å²) in [6, 6.07) is 12.7. The predicted molar refractivity (Wildman–Crippen MR) is 160 cm³/mol. The van der Waals surface area contributed by atoms with E-state index in [0.717, 1.165) is 24.1 Å². The number of fused-ring (bicyclic) bond motifs is 1. The lowest BCUT2D eigenvalue weighted by molar-refractivity contribution is -0.130. The van der Waals surface area contributed by atoms with Crippen LogP contribution in [0.15, 0.2) is 48.5 Å². The molecule has 0 aliphatic carbocycles. The number of para-hydroxylation sites is 1. The van der Waals surface area contributed by atoms with E-state index in [4.69, 9.17) is 4.74 Å². The van der Waals surface area contributed by atoms with Crippen molar-refractivity contribution in [2.24, 2.45) is 5.92 Å². The number of hydrogen-bond acceptors (Lipinski definition) is 6. The van der Waals surface area contributed by atoms with Gasteiger partial charge < -0.3 is 30.9 Å². The number of benzene rings is 2. The lowest BCUT2D eigenvalue weighted by Gasteiger charge is -2.23. The van der Waals surface area contributed by atoms with E-state index in [-0.39, 0.29) is 55.2 Å². The summed E-state index contributed by atoms with van der Waals surface area (Å²) in [4.78, 5) is 66.2. The van der Waals surface area contributed by atoms with E-state index >= 15 is 0 Å². The van der Waals surface area contributed by atoms with Crippen LogP contribution in [0.4, 0.5) is 0 Å². The summed E-state index contributed by atoms with van der Waals surface area (Å²) in [5.41, 5.74) is 2.08. The summed E-state index contributed by atoms with van der Waals surface area (Å²) >= 11 is 0. The maximum Gasteiger partial charge on any atom is 0.255 e. The fourth-order valence-corrected chi connectivity index (χ4v) is 5.16. The van der Waals surface area contributed by atoms with Crippen molar-refractivity contribution in [1.82, 2.24) is 26.2 Å². The summed E-state index contributed by atoms with van der Waals surface area (Å²) < 4.78 is 5.84. The molecule has 0 aromatic heterocycles. The van der Waals surface area contributed by atoms with Gasteiger partial charge in [0.05, 0.1) is 12.2 Å². The summed E-state index contributed by atoms with van der Waals surface area (Å²) in [7, 11) is 0. The maximum absolute atomic E-state index is 13.4. The van der Waals surface area contributed by atoms with Crippen molar-refractivity contribution in [3.63, 3.8) is 0 Å². The van der Waals surface area contributed by atoms with Crippen molar-refractivity contribution < 1.29 is 28.7 Å². The Morgan fingerprint density at radius 3 is 2.56 bits per heavy atom. The monoisotopic (exact) mass is 591 g/mol. The quantitative estimate of drug-likeness (QED) is 0.405. The third-order valence-electron chi connectivity index (χ3n) is 7.56. The normalized spacial score (nSPS) is 20.5. The molecule has 2 aromatic carbocycles. The van der Waals surface area contributed by atoms with Crippen LogP contribution in [-0.2, 0) is 32.3 Å². The zero-order chi connectivity index (χ0) is 30.8. The third kappa shape index (κ3) is 9.04. The van der Waals surface area contributed by atoms with Crippen LogP contribution >= 0.6 is 0 Å². The van der Waals surface area contributed by atoms with Crippen LogP contribution in [0.3, 0.4) is 0 Å². The average molecular weight is 592 g/mol. The first-order valence-electron chi connectivity index (χ1n) is 14.9. The van der Waals surface area contributed by atoms with Gasteiger partial charge in [-0.15, -0.1) is 0 Å². The standard InChI is InChI=1S/C32H41N5O6/c1-21(2)29-32(42)33-15-7-17-43-26-11-4-3-10-24(26)30(40)35-25(13-14-27(38)36-29)31(41)34-19-22-8-5-9-23(18-22)20-37-16-6-12-28(37)39/h3-5,8-11,18,21,25,29H,6-7,12-17,19-20H2,1-2H3,(H,33,42)(H,34,41)(H,35,40)(H,36,38)/t25-,29+/m0/s1. The van der Waals surface area contributed by atoms with Gasteiger partial charge in [-0.1, -0.05) is 50.2 Å². The van der Waals surface area contributed by atoms with Gasteiger partial charge in [0.15, 0.2) is 0 Å². The predicted octanol–water partition coefficient (Wildman–Crippen LogP) is 2.04. The molecule has 43 heavy (non-hydrogen) atoms. The number of carbonyl (C=O) groups excluding carboxylic acids is 5. The van der Waals surface area contributed by atoms with Gasteiger partial charge in [0.2, 0.25) is 23.6 Å². The van der Waals surface area contributed by atoms with Gasteiger partial charge in [0, 0.05) is 39.0 Å². The summed E-state index contributed by atoms with van der Waals surface area (Å²) in [5, 5.41) is 11.3. The molecule has 0 radical (unpaired) electrons. The highest BCUT2D eigenvalue weighted by Crippen LogP contribution is 2.19. The number of carbonyl (C=O) groups is 5. The Morgan fingerprint density at radius 1 is 1.00 bits per heavy atom. The molecule has 0 spiro atoms. The van der Waals surface area contributed by atoms with Crippen molar-refractivity contribution in [3.8, 4) is 5.75 Å². The molecule has 0 unspecified atom stereocenters. The molecule has 0 saturated carbocycles. The zero-order valence-electron chi connectivity index (χ0n) is 24.8. The molecule has 4 rings (SSSR count). The van der Waals surface area contributed by atoms with E-state index in [2.05, 4.69) is 21.3 Å². The second kappa shape index (κ2) is 15.2. The van der Waals surface area contributed by atoms with Crippen LogP contribution in [0.2, 0.25) is 0 Å². The van der Waals surface area contributed by atoms with Gasteiger partial charge in [0.25, 0.3) is 5.91 Å². The van der Waals surface area contributed by atoms with Crippen LogP contribution in [-0.4, -0.2) is 66.2 Å². The smallest absolute Gasteiger partial charge is 0.255 e. The van der Waals surface area contributed by atoms with Crippen LogP contribution in [0.25, 0.3) is 0 Å². The van der Waals surface area contributed by atoms with Gasteiger partial charge in [-0.05, 0) is 48.4 Å². The summed E-state index contributed by atoms with van der Waals surface area (Å²) in [6.45, 7) is 5.77. The van der Waals surface area contributed by atoms with Crippen LogP contribution in [0, 0.1) is 5.92 Å². The number of amides is 5. The van der Waals surface area contributed by atoms with Crippen molar-refractivity contribution in [1.29, 1.82) is 0 Å². The molecule has 2 aliphatic rings. The maximum atomic E-state index is 13.4. The SMILES string of the molecule is CC(C)[C@H]1NC(=O)CC[C@@H](C(=O)NCc2cccc(CN3CCCC3=O)c2)NC(=O)c2ccccc2OCCCNC1=O. The minimum atomic E-state index is -1.02. The minimum absolute atomic E-state index is 0.0238. The zero-order valence-corrected chi connectivity index (χ0v) is 24.8. The topological polar surface area (TPSA) is 146 Å². The first-order valence-corrected chi connectivity index (χ1v) is 14.9. The number of likely N-dealkylation sites (tertiary alicyclic amines) is 1. The molecule has 2 atom stereocenters. The van der Waals surface area contributed by atoms with Gasteiger partial charge in [0.1, 0.15) is 17.8 Å². The second-order valence-electron chi connectivity index (χ2n) is 11.3. The van der Waals surface area contributed by atoms with Crippen molar-refractivity contribution in [3.05, 3.63) is 65.2 Å². The van der Waals surface area contributed by atoms with E-state index < -0.39 is 23.9 Å². The Labute approximate surface area is 252 Å². The van der Waals surface area contributed by atoms with Gasteiger partial charge in [-0.2, -0.15) is 0 Å². The van der Waals surface area contributed by atoms with E-state index in [0.29, 0.717) is 31.7 Å². The Hall–Kier alpha value is -4.41. The third-order valence-corrected chi connectivity index (χ3v) is 7.56. The molecule has 2 aliphatic heterocycles. The van der Waals surface area contributed by atoms with E-state index in [1.807, 2.05) is 43.0 Å².